The lowest BCUT2D eigenvalue weighted by Gasteiger charge is -2.35. The number of amides is 1. The number of aryl methyl sites for hydroxylation is 2. The van der Waals surface area contributed by atoms with Gasteiger partial charge >= 0.3 is 0 Å². The normalized spacial score (nSPS) is 14.4. The quantitative estimate of drug-likeness (QED) is 0.698. The van der Waals surface area contributed by atoms with Crippen LogP contribution >= 0.6 is 0 Å². The van der Waals surface area contributed by atoms with E-state index in [2.05, 4.69) is 26.1 Å². The van der Waals surface area contributed by atoms with Crippen LogP contribution in [0, 0.1) is 13.8 Å². The van der Waals surface area contributed by atoms with E-state index in [1.54, 1.807) is 6.20 Å². The minimum absolute atomic E-state index is 0.183. The van der Waals surface area contributed by atoms with Gasteiger partial charge in [-0.25, -0.2) is 4.98 Å². The van der Waals surface area contributed by atoms with E-state index in [1.807, 2.05) is 59.8 Å². The Balaban J connectivity index is 1.35. The summed E-state index contributed by atoms with van der Waals surface area (Å²) in [7, 11) is 0. The Morgan fingerprint density at radius 1 is 1.00 bits per heavy atom. The minimum atomic E-state index is 0.183. The number of nitrogens with zero attached hydrogens (tertiary/aromatic N) is 6. The largest absolute Gasteiger partial charge is 0.352 e. The van der Waals surface area contributed by atoms with Gasteiger partial charge < -0.3 is 9.80 Å². The van der Waals surface area contributed by atoms with E-state index in [1.165, 1.54) is 5.56 Å². The molecule has 3 aromatic rings. The fraction of sp³-hybridized carbons (Fsp3) is 0.333. The second-order valence-electron chi connectivity index (χ2n) is 7.13. The molecule has 0 unspecified atom stereocenters. The third-order valence-corrected chi connectivity index (χ3v) is 5.10. The van der Waals surface area contributed by atoms with Crippen LogP contribution in [-0.2, 0) is 11.2 Å². The first-order chi connectivity index (χ1) is 13.6. The molecule has 1 aliphatic rings. The first kappa shape index (κ1) is 18.2. The van der Waals surface area contributed by atoms with Gasteiger partial charge in [-0.1, -0.05) is 29.8 Å². The summed E-state index contributed by atoms with van der Waals surface area (Å²) >= 11 is 0. The lowest BCUT2D eigenvalue weighted by Crippen LogP contribution is -2.49. The smallest absolute Gasteiger partial charge is 0.227 e. The van der Waals surface area contributed by atoms with E-state index >= 15 is 0 Å². The standard InChI is InChI=1S/C21H24N6O/c1-16-4-3-5-18(14-16)15-21(28)26-12-10-25(11-13-26)19-6-7-20(24-23-19)27-9-8-22-17(27)2/h3-9,14H,10-13,15H2,1-2H3. The molecule has 0 atom stereocenters. The molecule has 28 heavy (non-hydrogen) atoms. The average molecular weight is 376 g/mol. The predicted octanol–water partition coefficient (Wildman–Crippen LogP) is 2.17. The van der Waals surface area contributed by atoms with E-state index in [0.717, 1.165) is 36.1 Å². The molecular formula is C21H24N6O. The van der Waals surface area contributed by atoms with Gasteiger partial charge in [0, 0.05) is 38.6 Å². The lowest BCUT2D eigenvalue weighted by molar-refractivity contribution is -0.130. The summed E-state index contributed by atoms with van der Waals surface area (Å²) in [4.78, 5) is 20.9. The van der Waals surface area contributed by atoms with Crippen LogP contribution in [0.4, 0.5) is 5.82 Å². The van der Waals surface area contributed by atoms with E-state index in [4.69, 9.17) is 0 Å². The van der Waals surface area contributed by atoms with Crippen LogP contribution in [0.25, 0.3) is 5.82 Å². The molecule has 2 aromatic heterocycles. The topological polar surface area (TPSA) is 67.2 Å². The van der Waals surface area contributed by atoms with E-state index in [9.17, 15) is 4.79 Å². The van der Waals surface area contributed by atoms with Crippen LogP contribution < -0.4 is 4.90 Å². The second kappa shape index (κ2) is 7.80. The highest BCUT2D eigenvalue weighted by atomic mass is 16.2. The first-order valence-electron chi connectivity index (χ1n) is 9.52. The third-order valence-electron chi connectivity index (χ3n) is 5.10. The molecule has 0 bridgehead atoms. The zero-order chi connectivity index (χ0) is 19.5. The van der Waals surface area contributed by atoms with Crippen molar-refractivity contribution in [2.75, 3.05) is 31.1 Å². The maximum absolute atomic E-state index is 12.6. The molecule has 1 aliphatic heterocycles. The average Bonchev–Trinajstić information content (AvgIpc) is 3.14. The highest BCUT2D eigenvalue weighted by Crippen LogP contribution is 2.16. The molecule has 0 N–H and O–H groups in total. The van der Waals surface area contributed by atoms with Crippen LogP contribution in [0.5, 0.6) is 0 Å². The molecule has 144 valence electrons. The Morgan fingerprint density at radius 3 is 2.39 bits per heavy atom. The van der Waals surface area contributed by atoms with Crippen LogP contribution in [-0.4, -0.2) is 56.7 Å². The summed E-state index contributed by atoms with van der Waals surface area (Å²) in [5, 5.41) is 8.70. The van der Waals surface area contributed by atoms with Crippen molar-refractivity contribution in [3.05, 3.63) is 65.7 Å². The Morgan fingerprint density at radius 2 is 1.75 bits per heavy atom. The summed E-state index contributed by atoms with van der Waals surface area (Å²) in [6, 6.07) is 12.1. The fourth-order valence-electron chi connectivity index (χ4n) is 3.53. The van der Waals surface area contributed by atoms with Gasteiger partial charge in [-0.2, -0.15) is 0 Å². The molecule has 0 spiro atoms. The number of piperazine rings is 1. The molecule has 0 radical (unpaired) electrons. The maximum atomic E-state index is 12.6. The van der Waals surface area contributed by atoms with Crippen LogP contribution in [0.1, 0.15) is 17.0 Å². The molecule has 1 aromatic carbocycles. The van der Waals surface area contributed by atoms with Crippen molar-refractivity contribution in [1.29, 1.82) is 0 Å². The highest BCUT2D eigenvalue weighted by molar-refractivity contribution is 5.79. The Labute approximate surface area is 164 Å². The van der Waals surface area contributed by atoms with Gasteiger partial charge in [0.2, 0.25) is 5.91 Å². The third kappa shape index (κ3) is 3.88. The van der Waals surface area contributed by atoms with Gasteiger partial charge in [0.05, 0.1) is 6.42 Å². The summed E-state index contributed by atoms with van der Waals surface area (Å²) < 4.78 is 1.90. The van der Waals surface area contributed by atoms with Gasteiger partial charge in [-0.3, -0.25) is 9.36 Å². The number of carbonyl (C=O) groups is 1. The molecule has 3 heterocycles. The Hall–Kier alpha value is -3.22. The molecule has 1 amide bonds. The molecule has 0 saturated carbocycles. The minimum Gasteiger partial charge on any atom is -0.352 e. The van der Waals surface area contributed by atoms with Crippen molar-refractivity contribution in [2.24, 2.45) is 0 Å². The highest BCUT2D eigenvalue weighted by Gasteiger charge is 2.22. The summed E-state index contributed by atoms with van der Waals surface area (Å²) in [6.45, 7) is 6.91. The first-order valence-corrected chi connectivity index (χ1v) is 9.52. The number of rotatable bonds is 4. The number of imidazole rings is 1. The second-order valence-corrected chi connectivity index (χ2v) is 7.13. The monoisotopic (exact) mass is 376 g/mol. The van der Waals surface area contributed by atoms with Crippen molar-refractivity contribution >= 4 is 11.7 Å². The molecule has 0 aliphatic carbocycles. The summed E-state index contributed by atoms with van der Waals surface area (Å²) in [5.74, 6) is 2.66. The summed E-state index contributed by atoms with van der Waals surface area (Å²) in [5.41, 5.74) is 2.26. The van der Waals surface area contributed by atoms with Gasteiger partial charge in [0.15, 0.2) is 11.6 Å². The maximum Gasteiger partial charge on any atom is 0.227 e. The SMILES string of the molecule is Cc1cccc(CC(=O)N2CCN(c3ccc(-n4ccnc4C)nn3)CC2)c1. The summed E-state index contributed by atoms with van der Waals surface area (Å²) in [6.07, 6.45) is 4.08. The van der Waals surface area contributed by atoms with Crippen molar-refractivity contribution in [2.45, 2.75) is 20.3 Å². The molecule has 7 nitrogen and oxygen atoms in total. The van der Waals surface area contributed by atoms with Gasteiger partial charge in [0.25, 0.3) is 0 Å². The zero-order valence-electron chi connectivity index (χ0n) is 16.2. The molecule has 1 saturated heterocycles. The predicted molar refractivity (Wildman–Crippen MR) is 108 cm³/mol. The Bertz CT molecular complexity index is 957. The fourth-order valence-corrected chi connectivity index (χ4v) is 3.53. The number of anilines is 1. The number of hydrogen-bond donors (Lipinski definition) is 0. The van der Waals surface area contributed by atoms with E-state index in [-0.39, 0.29) is 5.91 Å². The molecule has 1 fully saturated rings. The van der Waals surface area contributed by atoms with Crippen molar-refractivity contribution in [1.82, 2.24) is 24.6 Å². The number of aromatic nitrogens is 4. The van der Waals surface area contributed by atoms with Crippen molar-refractivity contribution < 1.29 is 4.79 Å². The zero-order valence-corrected chi connectivity index (χ0v) is 16.2. The number of hydrogen-bond acceptors (Lipinski definition) is 5. The number of benzene rings is 1. The molecule has 4 rings (SSSR count). The Kier molecular flexibility index (Phi) is 5.06. The van der Waals surface area contributed by atoms with Crippen LogP contribution in [0.3, 0.4) is 0 Å². The van der Waals surface area contributed by atoms with E-state index in [0.29, 0.717) is 19.5 Å². The van der Waals surface area contributed by atoms with Crippen LogP contribution in [0.2, 0.25) is 0 Å². The molecular weight excluding hydrogens is 352 g/mol. The number of carbonyl (C=O) groups excluding carboxylic acids is 1. The van der Waals surface area contributed by atoms with E-state index < -0.39 is 0 Å². The van der Waals surface area contributed by atoms with Gasteiger partial charge in [0.1, 0.15) is 5.82 Å². The van der Waals surface area contributed by atoms with Gasteiger partial charge in [-0.05, 0) is 31.5 Å². The lowest BCUT2D eigenvalue weighted by atomic mass is 10.1. The van der Waals surface area contributed by atoms with Gasteiger partial charge in [-0.15, -0.1) is 10.2 Å². The van der Waals surface area contributed by atoms with Crippen molar-refractivity contribution in [3.63, 3.8) is 0 Å². The van der Waals surface area contributed by atoms with Crippen LogP contribution in [0.15, 0.2) is 48.8 Å². The molecule has 7 heteroatoms. The van der Waals surface area contributed by atoms with Crippen molar-refractivity contribution in [3.8, 4) is 5.82 Å².